The van der Waals surface area contributed by atoms with Crippen molar-refractivity contribution in [3.05, 3.63) is 57.0 Å². The van der Waals surface area contributed by atoms with Crippen LogP contribution in [0.3, 0.4) is 0 Å². The third kappa shape index (κ3) is 6.98. The first kappa shape index (κ1) is 21.9. The van der Waals surface area contributed by atoms with Crippen molar-refractivity contribution in [1.82, 2.24) is 0 Å². The maximum absolute atomic E-state index is 11.9. The molecule has 2 amide bonds. The van der Waals surface area contributed by atoms with Gasteiger partial charge >= 0.3 is 5.97 Å². The van der Waals surface area contributed by atoms with E-state index in [0.717, 1.165) is 15.6 Å². The molecule has 2 aromatic rings. The summed E-state index contributed by atoms with van der Waals surface area (Å²) >= 11 is 9.35. The first-order valence-corrected chi connectivity index (χ1v) is 9.69. The molecule has 0 bridgehead atoms. The Morgan fingerprint density at radius 2 is 1.71 bits per heavy atom. The molecule has 0 unspecified atom stereocenters. The number of esters is 1. The van der Waals surface area contributed by atoms with Crippen molar-refractivity contribution < 1.29 is 19.1 Å². The summed E-state index contributed by atoms with van der Waals surface area (Å²) in [5.74, 6) is -1.41. The second-order valence-electron chi connectivity index (χ2n) is 6.18. The smallest absolute Gasteiger partial charge is 0.306 e. The van der Waals surface area contributed by atoms with Gasteiger partial charge in [-0.1, -0.05) is 33.6 Å². The standard InChI is InChI=1S/C20H20BrClN2O4/c1-12-3-5-15(10-16(12)22)23-18(25)7-8-20(27)28-11-19(26)24-17-6-4-14(21)9-13(17)2/h3-6,9-10H,7-8,11H2,1-2H3,(H,23,25)(H,24,26). The van der Waals surface area contributed by atoms with Crippen LogP contribution >= 0.6 is 27.5 Å². The van der Waals surface area contributed by atoms with Crippen molar-refractivity contribution in [1.29, 1.82) is 0 Å². The zero-order valence-electron chi connectivity index (χ0n) is 15.5. The SMILES string of the molecule is Cc1ccc(NC(=O)CCC(=O)OCC(=O)Nc2ccc(Br)cc2C)cc1Cl. The highest BCUT2D eigenvalue weighted by Crippen LogP contribution is 2.21. The van der Waals surface area contributed by atoms with E-state index in [1.165, 1.54) is 0 Å². The molecule has 0 saturated heterocycles. The Balaban J connectivity index is 1.72. The van der Waals surface area contributed by atoms with Gasteiger partial charge in [0.25, 0.3) is 5.91 Å². The van der Waals surface area contributed by atoms with Gasteiger partial charge in [-0.15, -0.1) is 0 Å². The van der Waals surface area contributed by atoms with Crippen LogP contribution in [0.15, 0.2) is 40.9 Å². The largest absolute Gasteiger partial charge is 0.456 e. The zero-order valence-corrected chi connectivity index (χ0v) is 17.8. The lowest BCUT2D eigenvalue weighted by Gasteiger charge is -2.09. The van der Waals surface area contributed by atoms with E-state index in [1.54, 1.807) is 30.3 Å². The fourth-order valence-corrected chi connectivity index (χ4v) is 2.94. The first-order valence-electron chi connectivity index (χ1n) is 8.52. The predicted molar refractivity (Wildman–Crippen MR) is 113 cm³/mol. The summed E-state index contributed by atoms with van der Waals surface area (Å²) in [5, 5.41) is 5.88. The molecule has 2 rings (SSSR count). The van der Waals surface area contributed by atoms with Crippen molar-refractivity contribution in [2.75, 3.05) is 17.2 Å². The third-order valence-corrected chi connectivity index (χ3v) is 4.74. The van der Waals surface area contributed by atoms with E-state index >= 15 is 0 Å². The van der Waals surface area contributed by atoms with Gasteiger partial charge in [-0.3, -0.25) is 14.4 Å². The van der Waals surface area contributed by atoms with Crippen LogP contribution in [-0.4, -0.2) is 24.4 Å². The van der Waals surface area contributed by atoms with E-state index < -0.39 is 18.5 Å². The molecule has 0 spiro atoms. The quantitative estimate of drug-likeness (QED) is 0.582. The lowest BCUT2D eigenvalue weighted by Crippen LogP contribution is -2.22. The number of amides is 2. The highest BCUT2D eigenvalue weighted by atomic mass is 79.9. The van der Waals surface area contributed by atoms with Gasteiger partial charge in [0, 0.05) is 27.3 Å². The monoisotopic (exact) mass is 466 g/mol. The van der Waals surface area contributed by atoms with E-state index in [1.807, 2.05) is 19.9 Å². The average Bonchev–Trinajstić information content (AvgIpc) is 2.63. The summed E-state index contributed by atoms with van der Waals surface area (Å²) in [4.78, 5) is 35.6. The zero-order chi connectivity index (χ0) is 20.7. The van der Waals surface area contributed by atoms with Gasteiger partial charge in [0.15, 0.2) is 6.61 Å². The maximum Gasteiger partial charge on any atom is 0.306 e. The number of aryl methyl sites for hydroxylation is 2. The van der Waals surface area contributed by atoms with Crippen LogP contribution in [0.2, 0.25) is 5.02 Å². The van der Waals surface area contributed by atoms with Crippen molar-refractivity contribution in [2.45, 2.75) is 26.7 Å². The first-order chi connectivity index (χ1) is 13.2. The van der Waals surface area contributed by atoms with Gasteiger partial charge in [-0.2, -0.15) is 0 Å². The predicted octanol–water partition coefficient (Wildman–Crippen LogP) is 4.62. The molecule has 0 heterocycles. The molecular weight excluding hydrogens is 448 g/mol. The van der Waals surface area contributed by atoms with E-state index in [2.05, 4.69) is 26.6 Å². The van der Waals surface area contributed by atoms with E-state index in [9.17, 15) is 14.4 Å². The van der Waals surface area contributed by atoms with Crippen LogP contribution in [0.5, 0.6) is 0 Å². The minimum Gasteiger partial charge on any atom is -0.456 e. The Morgan fingerprint density at radius 3 is 2.39 bits per heavy atom. The van der Waals surface area contributed by atoms with Crippen molar-refractivity contribution in [3.63, 3.8) is 0 Å². The van der Waals surface area contributed by atoms with Gasteiger partial charge in [0.1, 0.15) is 0 Å². The molecular formula is C20H20BrClN2O4. The number of benzene rings is 2. The molecule has 0 atom stereocenters. The van der Waals surface area contributed by atoms with Crippen LogP contribution in [0.4, 0.5) is 11.4 Å². The Bertz CT molecular complexity index is 902. The minimum atomic E-state index is -0.625. The molecule has 0 aromatic heterocycles. The van der Waals surface area contributed by atoms with E-state index in [0.29, 0.717) is 16.4 Å². The number of hydrogen-bond acceptors (Lipinski definition) is 4. The second kappa shape index (κ2) is 10.2. The van der Waals surface area contributed by atoms with Gasteiger partial charge in [-0.05, 0) is 55.3 Å². The number of rotatable bonds is 7. The Morgan fingerprint density at radius 1 is 0.964 bits per heavy atom. The number of carbonyl (C=O) groups excluding carboxylic acids is 3. The number of hydrogen-bond donors (Lipinski definition) is 2. The van der Waals surface area contributed by atoms with Gasteiger partial charge in [0.2, 0.25) is 5.91 Å². The molecule has 28 heavy (non-hydrogen) atoms. The van der Waals surface area contributed by atoms with Crippen molar-refractivity contribution >= 4 is 56.7 Å². The number of nitrogens with one attached hydrogen (secondary N) is 2. The second-order valence-corrected chi connectivity index (χ2v) is 7.50. The number of carbonyl (C=O) groups is 3. The van der Waals surface area contributed by atoms with Gasteiger partial charge < -0.3 is 15.4 Å². The molecule has 0 fully saturated rings. The van der Waals surface area contributed by atoms with E-state index in [-0.39, 0.29) is 18.7 Å². The number of halogens is 2. The number of anilines is 2. The molecule has 2 aromatic carbocycles. The summed E-state index contributed by atoms with van der Waals surface area (Å²) in [6.07, 6.45) is -0.187. The molecule has 0 radical (unpaired) electrons. The highest BCUT2D eigenvalue weighted by Gasteiger charge is 2.12. The summed E-state index contributed by atoms with van der Waals surface area (Å²) in [6, 6.07) is 10.6. The molecule has 6 nitrogen and oxygen atoms in total. The van der Waals surface area contributed by atoms with Gasteiger partial charge in [0.05, 0.1) is 6.42 Å². The Hall–Kier alpha value is -2.38. The maximum atomic E-state index is 11.9. The highest BCUT2D eigenvalue weighted by molar-refractivity contribution is 9.10. The van der Waals surface area contributed by atoms with Crippen molar-refractivity contribution in [3.8, 4) is 0 Å². The Labute approximate surface area is 176 Å². The molecule has 0 aliphatic heterocycles. The molecule has 0 saturated carbocycles. The fraction of sp³-hybridized carbons (Fsp3) is 0.250. The van der Waals surface area contributed by atoms with Crippen LogP contribution in [0.1, 0.15) is 24.0 Å². The summed E-state index contributed by atoms with van der Waals surface area (Å²) in [5.41, 5.74) is 2.97. The summed E-state index contributed by atoms with van der Waals surface area (Å²) in [6.45, 7) is 3.30. The molecule has 2 N–H and O–H groups in total. The average molecular weight is 468 g/mol. The number of ether oxygens (including phenoxy) is 1. The normalized spacial score (nSPS) is 10.3. The summed E-state index contributed by atoms with van der Waals surface area (Å²) in [7, 11) is 0. The topological polar surface area (TPSA) is 84.5 Å². The lowest BCUT2D eigenvalue weighted by molar-refractivity contribution is -0.147. The Kier molecular flexibility index (Phi) is 8.02. The van der Waals surface area contributed by atoms with Gasteiger partial charge in [-0.25, -0.2) is 0 Å². The fourth-order valence-electron chi connectivity index (χ4n) is 2.28. The van der Waals surface area contributed by atoms with Crippen LogP contribution in [-0.2, 0) is 19.1 Å². The van der Waals surface area contributed by atoms with Crippen LogP contribution < -0.4 is 10.6 Å². The molecule has 148 valence electrons. The third-order valence-electron chi connectivity index (χ3n) is 3.84. The van der Waals surface area contributed by atoms with Crippen molar-refractivity contribution in [2.24, 2.45) is 0 Å². The van der Waals surface area contributed by atoms with E-state index in [4.69, 9.17) is 16.3 Å². The molecule has 0 aliphatic carbocycles. The minimum absolute atomic E-state index is 0.0578. The molecule has 0 aliphatic rings. The van der Waals surface area contributed by atoms with Crippen LogP contribution in [0, 0.1) is 13.8 Å². The summed E-state index contributed by atoms with van der Waals surface area (Å²) < 4.78 is 5.82. The van der Waals surface area contributed by atoms with Crippen LogP contribution in [0.25, 0.3) is 0 Å². The lowest BCUT2D eigenvalue weighted by atomic mass is 10.2. The molecule has 8 heteroatoms.